The highest BCUT2D eigenvalue weighted by Gasteiger charge is 2.16. The minimum Gasteiger partial charge on any atom is -0.310 e. The highest BCUT2D eigenvalue weighted by molar-refractivity contribution is 7.71. The van der Waals surface area contributed by atoms with Gasteiger partial charge in [-0.3, -0.25) is 4.90 Å². The Hall–Kier alpha value is -0.680. The molecule has 1 aliphatic heterocycles. The zero-order chi connectivity index (χ0) is 10.8. The van der Waals surface area contributed by atoms with E-state index in [1.54, 1.807) is 6.33 Å². The summed E-state index contributed by atoms with van der Waals surface area (Å²) in [6.45, 7) is 5.48. The molecule has 4 nitrogen and oxygen atoms in total. The van der Waals surface area contributed by atoms with Gasteiger partial charge in [0.25, 0.3) is 0 Å². The molecule has 0 saturated carbocycles. The highest BCUT2D eigenvalue weighted by atomic mass is 32.1. The number of piperidine rings is 1. The number of aryl methyl sites for hydroxylation is 1. The molecule has 1 unspecified atom stereocenters. The van der Waals surface area contributed by atoms with Crippen molar-refractivity contribution in [1.29, 1.82) is 0 Å². The first-order valence-electron chi connectivity index (χ1n) is 5.47. The second-order valence-electron chi connectivity index (χ2n) is 4.49. The Morgan fingerprint density at radius 1 is 1.60 bits per heavy atom. The van der Waals surface area contributed by atoms with Gasteiger partial charge in [0.1, 0.15) is 6.33 Å². The Balaban J connectivity index is 2.02. The van der Waals surface area contributed by atoms with E-state index in [0.717, 1.165) is 17.4 Å². The van der Waals surface area contributed by atoms with Gasteiger partial charge in [0.05, 0.1) is 6.67 Å². The molecule has 0 amide bonds. The van der Waals surface area contributed by atoms with E-state index < -0.39 is 0 Å². The standard InChI is InChI=1S/C10H18N4S/c1-9-4-3-5-13(6-9)8-14-10(15)12(2)7-11-14/h7,9H,3-6,8H2,1-2H3. The van der Waals surface area contributed by atoms with E-state index in [2.05, 4.69) is 16.9 Å². The molecule has 84 valence electrons. The molecule has 1 aliphatic rings. The summed E-state index contributed by atoms with van der Waals surface area (Å²) in [5, 5.41) is 4.27. The minimum absolute atomic E-state index is 0.799. The Morgan fingerprint density at radius 3 is 3.00 bits per heavy atom. The van der Waals surface area contributed by atoms with Crippen molar-refractivity contribution in [3.05, 3.63) is 11.1 Å². The normalized spacial score (nSPS) is 23.2. The van der Waals surface area contributed by atoms with Gasteiger partial charge in [-0.05, 0) is 37.5 Å². The molecule has 0 aromatic carbocycles. The third-order valence-electron chi connectivity index (χ3n) is 2.96. The lowest BCUT2D eigenvalue weighted by Crippen LogP contribution is -2.36. The van der Waals surface area contributed by atoms with E-state index in [9.17, 15) is 0 Å². The van der Waals surface area contributed by atoms with Gasteiger partial charge in [-0.2, -0.15) is 5.10 Å². The van der Waals surface area contributed by atoms with Crippen LogP contribution in [-0.2, 0) is 13.7 Å². The van der Waals surface area contributed by atoms with E-state index in [1.807, 2.05) is 16.3 Å². The van der Waals surface area contributed by atoms with Crippen LogP contribution in [0.2, 0.25) is 0 Å². The largest absolute Gasteiger partial charge is 0.310 e. The fourth-order valence-electron chi connectivity index (χ4n) is 2.12. The van der Waals surface area contributed by atoms with Gasteiger partial charge < -0.3 is 4.57 Å². The topological polar surface area (TPSA) is 26.0 Å². The molecule has 1 aromatic rings. The van der Waals surface area contributed by atoms with Crippen LogP contribution in [0.5, 0.6) is 0 Å². The van der Waals surface area contributed by atoms with Gasteiger partial charge in [0, 0.05) is 13.6 Å². The molecule has 2 heterocycles. The number of nitrogens with zero attached hydrogens (tertiary/aromatic N) is 4. The molecule has 0 radical (unpaired) electrons. The fourth-order valence-corrected chi connectivity index (χ4v) is 2.27. The average Bonchev–Trinajstić information content (AvgIpc) is 2.50. The van der Waals surface area contributed by atoms with Crippen molar-refractivity contribution in [2.24, 2.45) is 13.0 Å². The Morgan fingerprint density at radius 2 is 2.40 bits per heavy atom. The summed E-state index contributed by atoms with van der Waals surface area (Å²) in [7, 11) is 1.94. The van der Waals surface area contributed by atoms with E-state index in [1.165, 1.54) is 25.9 Å². The van der Waals surface area contributed by atoms with Crippen molar-refractivity contribution in [2.75, 3.05) is 13.1 Å². The zero-order valence-corrected chi connectivity index (χ0v) is 10.2. The third kappa shape index (κ3) is 2.46. The Bertz CT molecular complexity index is 381. The molecular formula is C10H18N4S. The van der Waals surface area contributed by atoms with Crippen molar-refractivity contribution < 1.29 is 0 Å². The molecule has 0 bridgehead atoms. The lowest BCUT2D eigenvalue weighted by Gasteiger charge is -2.30. The lowest BCUT2D eigenvalue weighted by molar-refractivity contribution is 0.138. The third-order valence-corrected chi connectivity index (χ3v) is 3.46. The summed E-state index contributed by atoms with van der Waals surface area (Å²) >= 11 is 5.26. The van der Waals surface area contributed by atoms with Crippen molar-refractivity contribution in [2.45, 2.75) is 26.4 Å². The van der Waals surface area contributed by atoms with Crippen LogP contribution >= 0.6 is 12.2 Å². The summed E-state index contributed by atoms with van der Waals surface area (Å²) in [5.74, 6) is 0.802. The molecule has 1 saturated heterocycles. The van der Waals surface area contributed by atoms with Gasteiger partial charge in [0.15, 0.2) is 4.77 Å². The number of hydrogen-bond donors (Lipinski definition) is 0. The summed E-state index contributed by atoms with van der Waals surface area (Å²) in [5.41, 5.74) is 0. The maximum atomic E-state index is 5.26. The quantitative estimate of drug-likeness (QED) is 0.717. The first-order valence-corrected chi connectivity index (χ1v) is 5.88. The maximum absolute atomic E-state index is 5.26. The monoisotopic (exact) mass is 226 g/mol. The summed E-state index contributed by atoms with van der Waals surface area (Å²) < 4.78 is 4.57. The maximum Gasteiger partial charge on any atom is 0.198 e. The number of aromatic nitrogens is 3. The van der Waals surface area contributed by atoms with Crippen molar-refractivity contribution in [3.63, 3.8) is 0 Å². The Labute approximate surface area is 95.5 Å². The van der Waals surface area contributed by atoms with E-state index in [-0.39, 0.29) is 0 Å². The first kappa shape index (κ1) is 10.8. The van der Waals surface area contributed by atoms with Crippen molar-refractivity contribution in [1.82, 2.24) is 19.2 Å². The van der Waals surface area contributed by atoms with Gasteiger partial charge in [-0.1, -0.05) is 6.92 Å². The van der Waals surface area contributed by atoms with Gasteiger partial charge in [-0.25, -0.2) is 4.68 Å². The summed E-state index contributed by atoms with van der Waals surface area (Å²) in [4.78, 5) is 2.43. The molecule has 15 heavy (non-hydrogen) atoms. The molecular weight excluding hydrogens is 208 g/mol. The number of hydrogen-bond acceptors (Lipinski definition) is 3. The van der Waals surface area contributed by atoms with Crippen molar-refractivity contribution in [3.8, 4) is 0 Å². The van der Waals surface area contributed by atoms with E-state index in [0.29, 0.717) is 0 Å². The van der Waals surface area contributed by atoms with Crippen LogP contribution in [0.15, 0.2) is 6.33 Å². The summed E-state index contributed by atoms with van der Waals surface area (Å²) in [6, 6.07) is 0. The van der Waals surface area contributed by atoms with Crippen LogP contribution in [0.25, 0.3) is 0 Å². The molecule has 2 rings (SSSR count). The van der Waals surface area contributed by atoms with E-state index >= 15 is 0 Å². The van der Waals surface area contributed by atoms with Crippen LogP contribution in [-0.4, -0.2) is 32.3 Å². The second-order valence-corrected chi connectivity index (χ2v) is 4.85. The molecule has 1 atom stereocenters. The first-order chi connectivity index (χ1) is 7.16. The molecule has 0 N–H and O–H groups in total. The molecule has 1 aromatic heterocycles. The van der Waals surface area contributed by atoms with Crippen LogP contribution in [0.3, 0.4) is 0 Å². The molecule has 1 fully saturated rings. The van der Waals surface area contributed by atoms with Crippen LogP contribution in [0.1, 0.15) is 19.8 Å². The summed E-state index contributed by atoms with van der Waals surface area (Å²) in [6.07, 6.45) is 4.42. The van der Waals surface area contributed by atoms with E-state index in [4.69, 9.17) is 12.2 Å². The smallest absolute Gasteiger partial charge is 0.198 e. The predicted octanol–water partition coefficient (Wildman–Crippen LogP) is 1.64. The highest BCUT2D eigenvalue weighted by Crippen LogP contribution is 2.15. The fraction of sp³-hybridized carbons (Fsp3) is 0.800. The Kier molecular flexibility index (Phi) is 3.21. The number of likely N-dealkylation sites (tertiary alicyclic amines) is 1. The number of rotatable bonds is 2. The minimum atomic E-state index is 0.799. The second kappa shape index (κ2) is 4.45. The van der Waals surface area contributed by atoms with Crippen LogP contribution < -0.4 is 0 Å². The molecule has 5 heteroatoms. The molecule has 0 spiro atoms. The van der Waals surface area contributed by atoms with Gasteiger partial charge in [0.2, 0.25) is 0 Å². The van der Waals surface area contributed by atoms with Crippen LogP contribution in [0, 0.1) is 10.7 Å². The van der Waals surface area contributed by atoms with Gasteiger partial charge >= 0.3 is 0 Å². The average molecular weight is 226 g/mol. The lowest BCUT2D eigenvalue weighted by atomic mass is 10.0. The van der Waals surface area contributed by atoms with Crippen LogP contribution in [0.4, 0.5) is 0 Å². The molecule has 0 aliphatic carbocycles. The SMILES string of the molecule is CC1CCCN(Cn2ncn(C)c2=S)C1. The predicted molar refractivity (Wildman–Crippen MR) is 62.0 cm³/mol. The van der Waals surface area contributed by atoms with Gasteiger partial charge in [-0.15, -0.1) is 0 Å². The van der Waals surface area contributed by atoms with Crippen molar-refractivity contribution >= 4 is 12.2 Å². The zero-order valence-electron chi connectivity index (χ0n) is 9.39.